The molecule has 0 saturated heterocycles. The first-order valence-corrected chi connectivity index (χ1v) is 7.44. The van der Waals surface area contributed by atoms with Crippen molar-refractivity contribution in [3.8, 4) is 5.75 Å². The average Bonchev–Trinajstić information content (AvgIpc) is 3.07. The molecule has 2 heterocycles. The summed E-state index contributed by atoms with van der Waals surface area (Å²) >= 11 is 0. The fourth-order valence-corrected chi connectivity index (χ4v) is 3.31. The van der Waals surface area contributed by atoms with Crippen LogP contribution < -0.4 is 4.74 Å². The maximum atomic E-state index is 13.9. The van der Waals surface area contributed by atoms with Gasteiger partial charge in [0.05, 0.1) is 12.6 Å². The van der Waals surface area contributed by atoms with Crippen LogP contribution in [0.2, 0.25) is 0 Å². The highest BCUT2D eigenvalue weighted by molar-refractivity contribution is 6.25. The minimum atomic E-state index is -0.297. The number of benzene rings is 3. The van der Waals surface area contributed by atoms with Crippen LogP contribution in [-0.2, 0) is 0 Å². The summed E-state index contributed by atoms with van der Waals surface area (Å²) in [6.45, 7) is 0. The molecule has 0 fully saturated rings. The molecule has 0 amide bonds. The second-order valence-corrected chi connectivity index (χ2v) is 5.61. The lowest BCUT2D eigenvalue weighted by atomic mass is 9.97. The lowest BCUT2D eigenvalue weighted by Crippen LogP contribution is -1.94. The summed E-state index contributed by atoms with van der Waals surface area (Å²) < 4.78 is 21.2. The number of halogens is 1. The number of hydrogen-bond acceptors (Lipinski definition) is 4. The van der Waals surface area contributed by atoms with Crippen LogP contribution in [0.1, 0.15) is 0 Å². The van der Waals surface area contributed by atoms with Gasteiger partial charge in [0.25, 0.3) is 5.78 Å². The lowest BCUT2D eigenvalue weighted by molar-refractivity contribution is 0.420. The quantitative estimate of drug-likeness (QED) is 0.442. The Balaban J connectivity index is 2.18. The number of nitrogens with zero attached hydrogens (tertiary/aromatic N) is 4. The first-order valence-electron chi connectivity index (χ1n) is 7.44. The second-order valence-electron chi connectivity index (χ2n) is 5.61. The predicted molar refractivity (Wildman–Crippen MR) is 89.8 cm³/mol. The van der Waals surface area contributed by atoms with Crippen molar-refractivity contribution >= 4 is 38.2 Å². The molecule has 5 aromatic rings. The van der Waals surface area contributed by atoms with Crippen molar-refractivity contribution < 1.29 is 9.13 Å². The van der Waals surface area contributed by atoms with E-state index in [9.17, 15) is 4.39 Å². The van der Waals surface area contributed by atoms with E-state index in [0.29, 0.717) is 11.3 Å². The summed E-state index contributed by atoms with van der Waals surface area (Å²) in [4.78, 5) is 4.60. The van der Waals surface area contributed by atoms with E-state index in [1.165, 1.54) is 12.1 Å². The molecular formula is C18H11FN4O. The van der Waals surface area contributed by atoms with Crippen molar-refractivity contribution in [2.45, 2.75) is 0 Å². The number of ether oxygens (including phenoxy) is 1. The van der Waals surface area contributed by atoms with E-state index in [2.05, 4.69) is 15.2 Å². The van der Waals surface area contributed by atoms with Crippen LogP contribution in [0.5, 0.6) is 5.75 Å². The molecule has 5 nitrogen and oxygen atoms in total. The van der Waals surface area contributed by atoms with Gasteiger partial charge < -0.3 is 4.74 Å². The van der Waals surface area contributed by atoms with Crippen molar-refractivity contribution in [2.24, 2.45) is 0 Å². The topological polar surface area (TPSA) is 52.3 Å². The highest BCUT2D eigenvalue weighted by Gasteiger charge is 2.15. The molecule has 2 aromatic heterocycles. The van der Waals surface area contributed by atoms with Crippen LogP contribution in [0, 0.1) is 5.82 Å². The number of aromatic nitrogens is 4. The van der Waals surface area contributed by atoms with E-state index in [1.54, 1.807) is 23.9 Å². The second kappa shape index (κ2) is 4.61. The van der Waals surface area contributed by atoms with E-state index in [0.717, 1.165) is 32.7 Å². The van der Waals surface area contributed by atoms with Gasteiger partial charge >= 0.3 is 0 Å². The summed E-state index contributed by atoms with van der Waals surface area (Å²) in [5.41, 5.74) is 0.682. The summed E-state index contributed by atoms with van der Waals surface area (Å²) in [6, 6.07) is 10.6. The van der Waals surface area contributed by atoms with E-state index in [1.807, 2.05) is 24.4 Å². The fraction of sp³-hybridized carbons (Fsp3) is 0.0556. The van der Waals surface area contributed by atoms with Gasteiger partial charge in [0.15, 0.2) is 0 Å². The summed E-state index contributed by atoms with van der Waals surface area (Å²) in [6.07, 6.45) is 3.51. The monoisotopic (exact) mass is 318 g/mol. The number of fused-ring (bicyclic) bond motifs is 7. The van der Waals surface area contributed by atoms with Crippen molar-refractivity contribution in [3.63, 3.8) is 0 Å². The van der Waals surface area contributed by atoms with Gasteiger partial charge in [0.2, 0.25) is 0 Å². The smallest absolute Gasteiger partial charge is 0.255 e. The van der Waals surface area contributed by atoms with Gasteiger partial charge in [-0.3, -0.25) is 4.40 Å². The Kier molecular flexibility index (Phi) is 2.53. The number of rotatable bonds is 1. The van der Waals surface area contributed by atoms with Gasteiger partial charge in [-0.2, -0.15) is 0 Å². The summed E-state index contributed by atoms with van der Waals surface area (Å²) in [5, 5.41) is 12.4. The minimum absolute atomic E-state index is 0.297. The Morgan fingerprint density at radius 3 is 2.83 bits per heavy atom. The third kappa shape index (κ3) is 1.65. The zero-order valence-corrected chi connectivity index (χ0v) is 12.7. The first kappa shape index (κ1) is 13.2. The van der Waals surface area contributed by atoms with Crippen LogP contribution in [0.15, 0.2) is 48.9 Å². The molecule has 0 aliphatic heterocycles. The van der Waals surface area contributed by atoms with E-state index >= 15 is 0 Å². The Bertz CT molecular complexity index is 1260. The Morgan fingerprint density at radius 1 is 1.04 bits per heavy atom. The minimum Gasteiger partial charge on any atom is -0.496 e. The molecule has 6 heteroatoms. The first-order chi connectivity index (χ1) is 11.8. The van der Waals surface area contributed by atoms with Crippen LogP contribution in [0.25, 0.3) is 38.2 Å². The van der Waals surface area contributed by atoms with Crippen molar-refractivity contribution in [1.82, 2.24) is 19.6 Å². The molecule has 0 aliphatic carbocycles. The van der Waals surface area contributed by atoms with E-state index < -0.39 is 0 Å². The molecule has 0 N–H and O–H groups in total. The molecule has 0 saturated carbocycles. The Morgan fingerprint density at radius 2 is 1.96 bits per heavy atom. The predicted octanol–water partition coefficient (Wildman–Crippen LogP) is 3.73. The molecule has 0 aliphatic rings. The Hall–Kier alpha value is -3.28. The van der Waals surface area contributed by atoms with Gasteiger partial charge in [-0.25, -0.2) is 9.37 Å². The van der Waals surface area contributed by atoms with Gasteiger partial charge in [0, 0.05) is 22.4 Å². The maximum Gasteiger partial charge on any atom is 0.255 e. The Labute approximate surface area is 135 Å². The molecule has 5 rings (SSSR count). The summed E-state index contributed by atoms with van der Waals surface area (Å²) in [7, 11) is 1.64. The number of hydrogen-bond donors (Lipinski definition) is 0. The van der Waals surface area contributed by atoms with E-state index in [-0.39, 0.29) is 5.82 Å². The molecule has 0 spiro atoms. The van der Waals surface area contributed by atoms with Crippen molar-refractivity contribution in [2.75, 3.05) is 7.11 Å². The third-order valence-electron chi connectivity index (χ3n) is 4.33. The molecule has 0 atom stereocenters. The molecule has 0 radical (unpaired) electrons. The maximum absolute atomic E-state index is 13.9. The van der Waals surface area contributed by atoms with Crippen LogP contribution >= 0.6 is 0 Å². The standard InChI is InChI=1S/C18H11FN4O/c1-24-15-4-2-3-12-11-6-5-10(19)7-13(11)17-14(16(12)15)8-23-9-20-22-18(23)21-17/h2-9H,1H3. The molecular weight excluding hydrogens is 307 g/mol. The highest BCUT2D eigenvalue weighted by atomic mass is 19.1. The normalized spacial score (nSPS) is 11.8. The van der Waals surface area contributed by atoms with Gasteiger partial charge in [-0.15, -0.1) is 10.2 Å². The molecule has 116 valence electrons. The average molecular weight is 318 g/mol. The van der Waals surface area contributed by atoms with Gasteiger partial charge in [0.1, 0.15) is 17.9 Å². The zero-order valence-electron chi connectivity index (χ0n) is 12.7. The lowest BCUT2D eigenvalue weighted by Gasteiger charge is -2.12. The third-order valence-corrected chi connectivity index (χ3v) is 4.33. The van der Waals surface area contributed by atoms with Crippen LogP contribution in [0.4, 0.5) is 4.39 Å². The largest absolute Gasteiger partial charge is 0.496 e. The van der Waals surface area contributed by atoms with Gasteiger partial charge in [-0.1, -0.05) is 18.2 Å². The van der Waals surface area contributed by atoms with Crippen LogP contribution in [-0.4, -0.2) is 26.7 Å². The SMILES string of the molecule is COc1cccc2c3ccc(F)cc3c3nc4nncn4cc3c12. The molecule has 3 aromatic carbocycles. The number of methoxy groups -OCH3 is 1. The van der Waals surface area contributed by atoms with Crippen LogP contribution in [0.3, 0.4) is 0 Å². The van der Waals surface area contributed by atoms with Crippen molar-refractivity contribution in [3.05, 3.63) is 54.7 Å². The van der Waals surface area contributed by atoms with E-state index in [4.69, 9.17) is 4.74 Å². The van der Waals surface area contributed by atoms with Gasteiger partial charge in [-0.05, 0) is 29.0 Å². The fourth-order valence-electron chi connectivity index (χ4n) is 3.31. The zero-order chi connectivity index (χ0) is 16.3. The summed E-state index contributed by atoms with van der Waals surface area (Å²) in [5.74, 6) is 0.925. The molecule has 0 bridgehead atoms. The van der Waals surface area contributed by atoms with Crippen molar-refractivity contribution in [1.29, 1.82) is 0 Å². The molecule has 0 unspecified atom stereocenters. The highest BCUT2D eigenvalue weighted by Crippen LogP contribution is 2.38. The molecule has 24 heavy (non-hydrogen) atoms.